The summed E-state index contributed by atoms with van der Waals surface area (Å²) < 4.78 is 52.4. The molecule has 0 saturated heterocycles. The van der Waals surface area contributed by atoms with Gasteiger partial charge in [0.2, 0.25) is 0 Å². The molecule has 4 rings (SSSR count). The number of thiophene rings is 1. The number of likely N-dealkylation sites (N-methyl/N-ethyl adjacent to an activating group) is 1. The van der Waals surface area contributed by atoms with E-state index in [0.717, 1.165) is 10.5 Å². The number of alkyl halides is 3. The van der Waals surface area contributed by atoms with Gasteiger partial charge in [-0.3, -0.25) is 14.5 Å². The third-order valence-electron chi connectivity index (χ3n) is 6.52. The number of amides is 2. The Morgan fingerprint density at radius 1 is 1.07 bits per heavy atom. The first kappa shape index (κ1) is 30.9. The maximum atomic E-state index is 13.7. The molecule has 1 unspecified atom stereocenters. The number of benzene rings is 2. The summed E-state index contributed by atoms with van der Waals surface area (Å²) in [5.41, 5.74) is 1.03. The Labute approximate surface area is 245 Å². The van der Waals surface area contributed by atoms with Crippen LogP contribution in [0.1, 0.15) is 42.5 Å². The normalized spacial score (nSPS) is 13.8. The highest BCUT2D eigenvalue weighted by Gasteiger charge is 2.38. The molecule has 0 saturated carbocycles. The van der Waals surface area contributed by atoms with Crippen LogP contribution in [0.4, 0.5) is 23.7 Å². The lowest BCUT2D eigenvalue weighted by Crippen LogP contribution is -2.51. The highest BCUT2D eigenvalue weighted by Crippen LogP contribution is 2.43. The molecule has 1 aliphatic heterocycles. The Bertz CT molecular complexity index is 1470. The molecule has 0 spiro atoms. The fourth-order valence-electron chi connectivity index (χ4n) is 4.60. The van der Waals surface area contributed by atoms with Gasteiger partial charge in [0.05, 0.1) is 6.42 Å². The number of aliphatic carboxylic acids is 1. The fraction of sp³-hybridized carbons (Fsp3) is 0.367. The number of carbonyl (C=O) groups is 3. The van der Waals surface area contributed by atoms with E-state index in [4.69, 9.17) is 9.47 Å². The van der Waals surface area contributed by atoms with E-state index in [1.54, 1.807) is 69.3 Å². The predicted octanol–water partition coefficient (Wildman–Crippen LogP) is 6.61. The van der Waals surface area contributed by atoms with Crippen molar-refractivity contribution in [1.82, 2.24) is 4.90 Å². The lowest BCUT2D eigenvalue weighted by Gasteiger charge is -2.31. The van der Waals surface area contributed by atoms with E-state index in [2.05, 4.69) is 0 Å². The number of hydrogen-bond donors (Lipinski definition) is 1. The van der Waals surface area contributed by atoms with Crippen LogP contribution in [-0.4, -0.2) is 53.2 Å². The summed E-state index contributed by atoms with van der Waals surface area (Å²) in [6.07, 6.45) is -5.48. The Morgan fingerprint density at radius 2 is 1.76 bits per heavy atom. The molecule has 0 aliphatic carbocycles. The molecule has 1 aliphatic rings. The van der Waals surface area contributed by atoms with E-state index in [1.165, 1.54) is 18.0 Å². The van der Waals surface area contributed by atoms with E-state index in [9.17, 15) is 32.7 Å². The number of halogens is 3. The van der Waals surface area contributed by atoms with Crippen molar-refractivity contribution in [1.29, 1.82) is 0 Å². The molecular formula is C30H31F3N2O6S. The summed E-state index contributed by atoms with van der Waals surface area (Å²) in [7, 11) is 1.32. The minimum atomic E-state index is -4.51. The molecule has 2 aromatic carbocycles. The number of carbonyl (C=O) groups excluding carboxylic acids is 2. The standard InChI is InChI=1S/C30H31F3N2O6S/c1-29(2,3)41-28(39)34(4)24(16-25(36)37)27(38)35-13-12-19-14-20(10-11-23(19)35)40-17-21-15-22(18-8-6-5-7-9-18)26(42-21)30(31,32)33/h5-11,14-15,24H,12-13,16-17H2,1-4H3,(H,36,37). The molecule has 2 heterocycles. The van der Waals surface area contributed by atoms with Gasteiger partial charge in [-0.25, -0.2) is 4.79 Å². The average molecular weight is 605 g/mol. The first-order valence-electron chi connectivity index (χ1n) is 13.1. The second kappa shape index (κ2) is 12.0. The molecule has 12 heteroatoms. The Balaban J connectivity index is 1.50. The van der Waals surface area contributed by atoms with Crippen LogP contribution in [0.3, 0.4) is 0 Å². The van der Waals surface area contributed by atoms with Crippen LogP contribution < -0.4 is 9.64 Å². The summed E-state index contributed by atoms with van der Waals surface area (Å²) in [5.74, 6) is -1.39. The average Bonchev–Trinajstić information content (AvgIpc) is 3.54. The van der Waals surface area contributed by atoms with Crippen molar-refractivity contribution in [2.75, 3.05) is 18.5 Å². The second-order valence-electron chi connectivity index (χ2n) is 10.8. The fourth-order valence-corrected chi connectivity index (χ4v) is 5.56. The van der Waals surface area contributed by atoms with Crippen molar-refractivity contribution in [3.05, 3.63) is 69.9 Å². The number of nitrogens with zero attached hydrogens (tertiary/aromatic N) is 2. The summed E-state index contributed by atoms with van der Waals surface area (Å²) in [5, 5.41) is 9.42. The van der Waals surface area contributed by atoms with Crippen LogP contribution in [0.15, 0.2) is 54.6 Å². The molecule has 1 atom stereocenters. The zero-order valence-electron chi connectivity index (χ0n) is 23.5. The Morgan fingerprint density at radius 3 is 2.38 bits per heavy atom. The van der Waals surface area contributed by atoms with E-state index in [-0.39, 0.29) is 18.7 Å². The molecule has 0 bridgehead atoms. The van der Waals surface area contributed by atoms with Crippen molar-refractivity contribution >= 4 is 35.0 Å². The molecule has 224 valence electrons. The highest BCUT2D eigenvalue weighted by molar-refractivity contribution is 7.12. The van der Waals surface area contributed by atoms with Crippen molar-refractivity contribution in [3.63, 3.8) is 0 Å². The van der Waals surface area contributed by atoms with E-state index < -0.39 is 47.1 Å². The number of carboxylic acids is 1. The summed E-state index contributed by atoms with van der Waals surface area (Å²) >= 11 is 0.633. The van der Waals surface area contributed by atoms with E-state index >= 15 is 0 Å². The largest absolute Gasteiger partial charge is 0.488 e. The van der Waals surface area contributed by atoms with Crippen LogP contribution in [0, 0.1) is 0 Å². The molecule has 42 heavy (non-hydrogen) atoms. The third-order valence-corrected chi connectivity index (χ3v) is 7.67. The smallest absolute Gasteiger partial charge is 0.426 e. The first-order chi connectivity index (χ1) is 19.6. The SMILES string of the molecule is CN(C(=O)OC(C)(C)C)C(CC(=O)O)C(=O)N1CCc2cc(OCc3cc(-c4ccccc4)c(C(F)(F)F)s3)ccc21. The minimum Gasteiger partial charge on any atom is -0.488 e. The van der Waals surface area contributed by atoms with Gasteiger partial charge in [-0.15, -0.1) is 11.3 Å². The lowest BCUT2D eigenvalue weighted by molar-refractivity contribution is -0.141. The molecule has 8 nitrogen and oxygen atoms in total. The van der Waals surface area contributed by atoms with Crippen molar-refractivity contribution in [2.24, 2.45) is 0 Å². The van der Waals surface area contributed by atoms with Gasteiger partial charge >= 0.3 is 18.2 Å². The van der Waals surface area contributed by atoms with Gasteiger partial charge < -0.3 is 19.5 Å². The van der Waals surface area contributed by atoms with Gasteiger partial charge in [0.15, 0.2) is 0 Å². The van der Waals surface area contributed by atoms with Crippen molar-refractivity contribution < 1.29 is 42.1 Å². The van der Waals surface area contributed by atoms with E-state index in [0.29, 0.717) is 39.6 Å². The quantitative estimate of drug-likeness (QED) is 0.311. The molecule has 1 aromatic heterocycles. The topological polar surface area (TPSA) is 96.4 Å². The van der Waals surface area contributed by atoms with Crippen molar-refractivity contribution in [2.45, 2.75) is 58.0 Å². The van der Waals surface area contributed by atoms with Gasteiger partial charge in [0.25, 0.3) is 5.91 Å². The third kappa shape index (κ3) is 7.22. The Kier molecular flexibility index (Phi) is 8.86. The van der Waals surface area contributed by atoms with Crippen molar-refractivity contribution in [3.8, 4) is 16.9 Å². The maximum Gasteiger partial charge on any atom is 0.426 e. The second-order valence-corrected chi connectivity index (χ2v) is 12.0. The number of carboxylic acid groups (broad SMARTS) is 1. The van der Waals surface area contributed by atoms with Gasteiger partial charge in [-0.05, 0) is 62.6 Å². The van der Waals surface area contributed by atoms with Crippen LogP contribution in [-0.2, 0) is 33.5 Å². The predicted molar refractivity (Wildman–Crippen MR) is 152 cm³/mol. The number of anilines is 1. The molecular weight excluding hydrogens is 573 g/mol. The number of ether oxygens (including phenoxy) is 2. The van der Waals surface area contributed by atoms with Crippen LogP contribution in [0.2, 0.25) is 0 Å². The molecule has 0 radical (unpaired) electrons. The monoisotopic (exact) mass is 604 g/mol. The maximum absolute atomic E-state index is 13.7. The number of rotatable bonds is 8. The number of hydrogen-bond acceptors (Lipinski definition) is 6. The van der Waals surface area contributed by atoms with Gasteiger partial charge in [0.1, 0.15) is 28.9 Å². The molecule has 3 aromatic rings. The molecule has 1 N–H and O–H groups in total. The van der Waals surface area contributed by atoms with Gasteiger partial charge in [-0.1, -0.05) is 30.3 Å². The zero-order valence-corrected chi connectivity index (χ0v) is 24.3. The first-order valence-corrected chi connectivity index (χ1v) is 14.0. The Hall–Kier alpha value is -4.06. The summed E-state index contributed by atoms with van der Waals surface area (Å²) in [4.78, 5) is 39.8. The van der Waals surface area contributed by atoms with Crippen LogP contribution in [0.25, 0.3) is 11.1 Å². The van der Waals surface area contributed by atoms with E-state index in [1.807, 2.05) is 0 Å². The molecule has 0 fully saturated rings. The highest BCUT2D eigenvalue weighted by atomic mass is 32.1. The lowest BCUT2D eigenvalue weighted by atomic mass is 10.1. The van der Waals surface area contributed by atoms with Crippen LogP contribution >= 0.6 is 11.3 Å². The van der Waals surface area contributed by atoms with Crippen LogP contribution in [0.5, 0.6) is 5.75 Å². The summed E-state index contributed by atoms with van der Waals surface area (Å²) in [6.45, 7) is 5.18. The molecule has 2 amide bonds. The minimum absolute atomic E-state index is 0.0800. The van der Waals surface area contributed by atoms with Gasteiger partial charge in [0, 0.05) is 29.7 Å². The zero-order chi connectivity index (χ0) is 30.8. The number of fused-ring (bicyclic) bond motifs is 1. The summed E-state index contributed by atoms with van der Waals surface area (Å²) in [6, 6.07) is 13.5. The van der Waals surface area contributed by atoms with Gasteiger partial charge in [-0.2, -0.15) is 13.2 Å².